The highest BCUT2D eigenvalue weighted by Crippen LogP contribution is 2.55. The van der Waals surface area contributed by atoms with Gasteiger partial charge in [0.15, 0.2) is 0 Å². The lowest BCUT2D eigenvalue weighted by Gasteiger charge is -2.42. The van der Waals surface area contributed by atoms with E-state index in [2.05, 4.69) is 59.4 Å². The molecular weight excluding hydrogens is 440 g/mol. The Bertz CT molecular complexity index is 871. The summed E-state index contributed by atoms with van der Waals surface area (Å²) in [5.41, 5.74) is 4.36. The topological polar surface area (TPSA) is 76.0 Å². The van der Waals surface area contributed by atoms with Gasteiger partial charge in [-0.1, -0.05) is 65.0 Å². The Hall–Kier alpha value is -1.69. The maximum absolute atomic E-state index is 12.5. The Morgan fingerprint density at radius 2 is 1.89 bits per heavy atom. The molecule has 2 saturated carbocycles. The van der Waals surface area contributed by atoms with Gasteiger partial charge in [0.25, 0.3) is 0 Å². The number of hydrogen-bond donors (Lipinski definition) is 2. The Balaban J connectivity index is 1.65. The van der Waals surface area contributed by atoms with Gasteiger partial charge >= 0.3 is 5.97 Å². The van der Waals surface area contributed by atoms with Crippen LogP contribution in [0.3, 0.4) is 0 Å². The van der Waals surface area contributed by atoms with Crippen molar-refractivity contribution < 1.29 is 24.5 Å². The van der Waals surface area contributed by atoms with Gasteiger partial charge in [0, 0.05) is 6.42 Å². The number of rotatable bonds is 8. The highest BCUT2D eigenvalue weighted by atomic mass is 16.6. The number of aliphatic hydroxyl groups excluding tert-OH is 2. The Labute approximate surface area is 212 Å². The molecule has 0 aliphatic heterocycles. The molecule has 0 aromatic rings. The van der Waals surface area contributed by atoms with Crippen molar-refractivity contribution in [2.75, 3.05) is 6.61 Å². The Kier molecular flexibility index (Phi) is 9.22. The van der Waals surface area contributed by atoms with Gasteiger partial charge in [-0.25, -0.2) is 4.79 Å². The first-order valence-corrected chi connectivity index (χ1v) is 13.4. The van der Waals surface area contributed by atoms with Gasteiger partial charge in [-0.05, 0) is 78.9 Å². The highest BCUT2D eigenvalue weighted by Gasteiger charge is 2.46. The predicted octanol–water partition coefficient (Wildman–Crippen LogP) is 5.68. The molecule has 196 valence electrons. The van der Waals surface area contributed by atoms with Crippen LogP contribution in [-0.2, 0) is 14.3 Å². The average Bonchev–Trinajstić information content (AvgIpc) is 3.14. The fraction of sp³-hybridized carbons (Fsp3) is 0.700. The van der Waals surface area contributed by atoms with E-state index in [0.717, 1.165) is 36.8 Å². The Morgan fingerprint density at radius 3 is 2.54 bits per heavy atom. The summed E-state index contributed by atoms with van der Waals surface area (Å²) >= 11 is 0. The van der Waals surface area contributed by atoms with Crippen LogP contribution in [0.25, 0.3) is 0 Å². The third-order valence-corrected chi connectivity index (χ3v) is 8.35. The first-order chi connectivity index (χ1) is 16.4. The van der Waals surface area contributed by atoms with E-state index >= 15 is 0 Å². The second-order valence-corrected chi connectivity index (χ2v) is 11.7. The number of fused-ring (bicyclic) bond motifs is 1. The molecule has 5 nitrogen and oxygen atoms in total. The monoisotopic (exact) mass is 486 g/mol. The van der Waals surface area contributed by atoms with Crippen LogP contribution >= 0.6 is 0 Å². The Morgan fingerprint density at radius 1 is 1.20 bits per heavy atom. The minimum Gasteiger partial charge on any atom is -0.460 e. The van der Waals surface area contributed by atoms with E-state index in [1.54, 1.807) is 0 Å². The molecule has 5 atom stereocenters. The van der Waals surface area contributed by atoms with E-state index in [1.165, 1.54) is 11.1 Å². The molecule has 5 heteroatoms. The third-order valence-electron chi connectivity index (χ3n) is 8.35. The summed E-state index contributed by atoms with van der Waals surface area (Å²) in [6.45, 7) is 16.7. The second kappa shape index (κ2) is 11.6. The van der Waals surface area contributed by atoms with E-state index < -0.39 is 12.2 Å². The highest BCUT2D eigenvalue weighted by molar-refractivity contribution is 5.71. The molecule has 3 aliphatic rings. The molecule has 0 radical (unpaired) electrons. The minimum absolute atomic E-state index is 0.00686. The van der Waals surface area contributed by atoms with Crippen molar-refractivity contribution in [2.45, 2.75) is 104 Å². The zero-order valence-electron chi connectivity index (χ0n) is 22.5. The lowest BCUT2D eigenvalue weighted by molar-refractivity contribution is -0.160. The lowest BCUT2D eigenvalue weighted by Crippen LogP contribution is -2.36. The van der Waals surface area contributed by atoms with Crippen LogP contribution in [0.5, 0.6) is 0 Å². The first-order valence-electron chi connectivity index (χ1n) is 13.4. The van der Waals surface area contributed by atoms with Crippen molar-refractivity contribution in [1.82, 2.24) is 0 Å². The van der Waals surface area contributed by atoms with Crippen molar-refractivity contribution in [3.8, 4) is 0 Å². The van der Waals surface area contributed by atoms with Crippen LogP contribution in [0.4, 0.5) is 0 Å². The molecule has 1 unspecified atom stereocenters. The van der Waals surface area contributed by atoms with Crippen molar-refractivity contribution in [3.05, 3.63) is 47.1 Å². The van der Waals surface area contributed by atoms with Crippen LogP contribution in [0, 0.1) is 23.2 Å². The summed E-state index contributed by atoms with van der Waals surface area (Å²) in [4.78, 5) is 12.5. The van der Waals surface area contributed by atoms with Crippen LogP contribution in [0.15, 0.2) is 47.1 Å². The summed E-state index contributed by atoms with van der Waals surface area (Å²) in [6, 6.07) is 0. The van der Waals surface area contributed by atoms with Crippen LogP contribution in [-0.4, -0.2) is 47.2 Å². The maximum Gasteiger partial charge on any atom is 0.332 e. The van der Waals surface area contributed by atoms with E-state index in [1.807, 2.05) is 6.92 Å². The van der Waals surface area contributed by atoms with Crippen LogP contribution < -0.4 is 0 Å². The molecule has 3 aliphatic carbocycles. The van der Waals surface area contributed by atoms with Gasteiger partial charge in [-0.2, -0.15) is 0 Å². The van der Waals surface area contributed by atoms with Crippen LogP contribution in [0.2, 0.25) is 0 Å². The van der Waals surface area contributed by atoms with E-state index in [4.69, 9.17) is 9.47 Å². The van der Waals surface area contributed by atoms with E-state index in [0.29, 0.717) is 18.8 Å². The van der Waals surface area contributed by atoms with Crippen LogP contribution in [0.1, 0.15) is 80.1 Å². The summed E-state index contributed by atoms with van der Waals surface area (Å²) in [6.07, 6.45) is 10.3. The standard InChI is InChI=1S/C30H46O5/c1-18(2)29(19(3)4)35-28(33)17-34-21(6)25-12-13-26-22(9-8-14-30(25,26)7)10-11-23-15-24(31)16-27(32)20(23)5/h10-12,18-19,21,24,26-27,29,31-32H,5,8-9,13-17H2,1-4,6-7H3/b22-10+,23-11-/t21?,24-,26+,27+,30-/m1/s1. The van der Waals surface area contributed by atoms with E-state index in [9.17, 15) is 15.0 Å². The van der Waals surface area contributed by atoms with Gasteiger partial charge in [-0.15, -0.1) is 0 Å². The summed E-state index contributed by atoms with van der Waals surface area (Å²) in [5, 5.41) is 20.2. The fourth-order valence-electron chi connectivity index (χ4n) is 6.46. The normalized spacial score (nSPS) is 32.5. The molecule has 2 fully saturated rings. The number of carbonyl (C=O) groups excluding carboxylic acids is 1. The minimum atomic E-state index is -0.666. The van der Waals surface area contributed by atoms with Gasteiger partial charge in [0.1, 0.15) is 12.7 Å². The molecular formula is C30H46O5. The zero-order chi connectivity index (χ0) is 25.9. The first kappa shape index (κ1) is 27.9. The number of esters is 1. The molecule has 2 N–H and O–H groups in total. The number of ether oxygens (including phenoxy) is 2. The number of hydrogen-bond acceptors (Lipinski definition) is 5. The van der Waals surface area contributed by atoms with Gasteiger partial charge < -0.3 is 19.7 Å². The van der Waals surface area contributed by atoms with E-state index in [-0.39, 0.29) is 42.0 Å². The van der Waals surface area contributed by atoms with Crippen molar-refractivity contribution in [2.24, 2.45) is 23.2 Å². The molecule has 0 aromatic heterocycles. The molecule has 3 rings (SSSR count). The van der Waals surface area contributed by atoms with Gasteiger partial charge in [0.05, 0.1) is 18.3 Å². The van der Waals surface area contributed by atoms with Crippen molar-refractivity contribution in [3.63, 3.8) is 0 Å². The molecule has 0 aromatic carbocycles. The SMILES string of the molecule is C=C1/C(=C\C=C2/CCC[C@]3(C)C(C(C)OCC(=O)OC(C(C)C)C(C)C)=CC[C@@H]23)C[C@@H](O)C[C@@H]1O. The van der Waals surface area contributed by atoms with Crippen molar-refractivity contribution in [1.29, 1.82) is 0 Å². The van der Waals surface area contributed by atoms with Gasteiger partial charge in [-0.3, -0.25) is 0 Å². The number of allylic oxidation sites excluding steroid dienone is 4. The lowest BCUT2D eigenvalue weighted by atomic mass is 9.63. The second-order valence-electron chi connectivity index (χ2n) is 11.7. The molecule has 0 bridgehead atoms. The largest absolute Gasteiger partial charge is 0.460 e. The fourth-order valence-corrected chi connectivity index (χ4v) is 6.46. The summed E-state index contributed by atoms with van der Waals surface area (Å²) < 4.78 is 11.8. The summed E-state index contributed by atoms with van der Waals surface area (Å²) in [7, 11) is 0. The molecule has 35 heavy (non-hydrogen) atoms. The summed E-state index contributed by atoms with van der Waals surface area (Å²) in [5.74, 6) is 0.651. The average molecular weight is 487 g/mol. The smallest absolute Gasteiger partial charge is 0.332 e. The molecule has 0 amide bonds. The number of aliphatic hydroxyl groups is 2. The maximum atomic E-state index is 12.5. The molecule has 0 saturated heterocycles. The molecule has 0 heterocycles. The van der Waals surface area contributed by atoms with Crippen molar-refractivity contribution >= 4 is 5.97 Å². The quantitative estimate of drug-likeness (QED) is 0.341. The predicted molar refractivity (Wildman–Crippen MR) is 140 cm³/mol. The molecule has 0 spiro atoms. The van der Waals surface area contributed by atoms with Gasteiger partial charge in [0.2, 0.25) is 0 Å². The number of carbonyl (C=O) groups is 1. The third kappa shape index (κ3) is 6.36. The zero-order valence-corrected chi connectivity index (χ0v) is 22.5.